The van der Waals surface area contributed by atoms with Gasteiger partial charge in [0.25, 0.3) is 0 Å². The molecule has 718 valence electrons. The molecule has 18 amide bonds. The zero-order chi connectivity index (χ0) is 95.6. The lowest BCUT2D eigenvalue weighted by Gasteiger charge is -2.33. The Morgan fingerprint density at radius 3 is 0.652 bits per heavy atom. The Balaban J connectivity index is 0.000000195. The Morgan fingerprint density at radius 1 is 0.265 bits per heavy atom. The summed E-state index contributed by atoms with van der Waals surface area (Å²) in [5.41, 5.74) is 11.7. The van der Waals surface area contributed by atoms with Crippen LogP contribution in [0.3, 0.4) is 0 Å². The largest absolute Gasteiger partial charge is 0.343 e. The van der Waals surface area contributed by atoms with E-state index >= 15 is 0 Å². The van der Waals surface area contributed by atoms with Crippen LogP contribution < -0.4 is 63.8 Å². The number of likely N-dealkylation sites (tertiary alicyclic amines) is 6. The van der Waals surface area contributed by atoms with Crippen molar-refractivity contribution in [2.45, 2.75) is 255 Å². The van der Waals surface area contributed by atoms with E-state index in [1.807, 2.05) is 265 Å². The first-order chi connectivity index (χ1) is 63.3. The minimum atomic E-state index is -0.183. The van der Waals surface area contributed by atoms with E-state index in [1.54, 1.807) is 0 Å². The molecule has 30 heteroatoms. The fourth-order valence-corrected chi connectivity index (χ4v) is 15.9. The maximum Gasteiger partial charge on any atom is 0.319 e. The molecule has 7 aliphatic rings. The van der Waals surface area contributed by atoms with Gasteiger partial charge in [-0.15, -0.1) is 0 Å². The van der Waals surface area contributed by atoms with Crippen LogP contribution in [0.2, 0.25) is 0 Å². The molecule has 7 fully saturated rings. The van der Waals surface area contributed by atoms with Crippen LogP contribution in [0.5, 0.6) is 0 Å². The Kier molecular flexibility index (Phi) is 43.9. The van der Waals surface area contributed by atoms with Crippen LogP contribution in [0.25, 0.3) is 0 Å². The summed E-state index contributed by atoms with van der Waals surface area (Å²) in [6, 6.07) is 46.0. The SMILES string of the molecule is CCC(=O)N1CCC(NC(=O)Nc2ccc(C)cc2)CC1.CCC(C)C(=O)N1CCC(NC(=O)Nc2ccc(C)cc2)CC1.CCCC(=O)N1CCC(NC(=O)Nc2ccc(C)cc2)CC1.CCCC(=O)N1CCC(NC(=O)Nc2ccc(C)cc2)CC1.Cc1ccc(NC(=O)NC2CCN(C(=O)C(C)C)CC2)cc1.Cc1ccc(NC(=O)NC2CCN(C(=O)C3CC3)CC2)cc1. The highest BCUT2D eigenvalue weighted by Crippen LogP contribution is 2.32. The van der Waals surface area contributed by atoms with Gasteiger partial charge in [-0.25, -0.2) is 28.8 Å². The monoisotopic (exact) mass is 1820 g/mol. The first kappa shape index (κ1) is 105. The predicted molar refractivity (Wildman–Crippen MR) is 525 cm³/mol. The van der Waals surface area contributed by atoms with E-state index < -0.39 is 0 Å². The lowest BCUT2D eigenvalue weighted by Crippen LogP contribution is -2.48. The number of hydrogen-bond acceptors (Lipinski definition) is 12. The lowest BCUT2D eigenvalue weighted by atomic mass is 10.0. The molecule has 12 N–H and O–H groups in total. The highest BCUT2D eigenvalue weighted by Gasteiger charge is 2.36. The van der Waals surface area contributed by atoms with Crippen LogP contribution in [-0.2, 0) is 28.8 Å². The summed E-state index contributed by atoms with van der Waals surface area (Å²) >= 11 is 0. The number of carbonyl (C=O) groups excluding carboxylic acids is 12. The summed E-state index contributed by atoms with van der Waals surface area (Å²) in [6.07, 6.45) is 16.3. The van der Waals surface area contributed by atoms with Crippen molar-refractivity contribution in [3.8, 4) is 0 Å². The minimum Gasteiger partial charge on any atom is -0.343 e. The van der Waals surface area contributed by atoms with E-state index in [0.717, 1.165) is 237 Å². The number of nitrogens with one attached hydrogen (secondary N) is 12. The fourth-order valence-electron chi connectivity index (χ4n) is 15.9. The number of piperidine rings is 6. The number of benzene rings is 6. The molecule has 132 heavy (non-hydrogen) atoms. The Hall–Kier alpha value is -12.2. The Bertz CT molecular complexity index is 4420. The summed E-state index contributed by atoms with van der Waals surface area (Å²) in [7, 11) is 0. The first-order valence-electron chi connectivity index (χ1n) is 47.9. The van der Waals surface area contributed by atoms with E-state index in [9.17, 15) is 57.5 Å². The number of anilines is 6. The van der Waals surface area contributed by atoms with Crippen molar-refractivity contribution in [1.29, 1.82) is 0 Å². The average molecular weight is 1820 g/mol. The van der Waals surface area contributed by atoms with Gasteiger partial charge >= 0.3 is 36.2 Å². The molecule has 6 aromatic rings. The highest BCUT2D eigenvalue weighted by molar-refractivity contribution is 5.93. The highest BCUT2D eigenvalue weighted by atomic mass is 16.2. The van der Waals surface area contributed by atoms with Gasteiger partial charge in [-0.3, -0.25) is 28.8 Å². The number of nitrogens with zero attached hydrogens (tertiary/aromatic N) is 6. The average Bonchev–Trinajstić information content (AvgIpc) is 1.70. The predicted octanol–water partition coefficient (Wildman–Crippen LogP) is 16.8. The third-order valence-corrected chi connectivity index (χ3v) is 24.5. The molecule has 6 aromatic carbocycles. The van der Waals surface area contributed by atoms with Crippen LogP contribution in [0.4, 0.5) is 62.9 Å². The quantitative estimate of drug-likeness (QED) is 0.0320. The van der Waals surface area contributed by atoms with E-state index in [4.69, 9.17) is 0 Å². The van der Waals surface area contributed by atoms with Crippen molar-refractivity contribution in [1.82, 2.24) is 61.3 Å². The zero-order valence-electron chi connectivity index (χ0n) is 80.3. The number of amides is 18. The zero-order valence-corrected chi connectivity index (χ0v) is 80.3. The Morgan fingerprint density at radius 2 is 0.462 bits per heavy atom. The summed E-state index contributed by atoms with van der Waals surface area (Å²) in [4.78, 5) is 155. The molecule has 0 aromatic heterocycles. The molecule has 30 nitrogen and oxygen atoms in total. The van der Waals surface area contributed by atoms with Gasteiger partial charge in [-0.05, 0) is 223 Å². The Labute approximate surface area is 782 Å². The molecule has 1 aliphatic carbocycles. The van der Waals surface area contributed by atoms with Crippen molar-refractivity contribution < 1.29 is 57.5 Å². The molecule has 1 unspecified atom stereocenters. The minimum absolute atomic E-state index is 0.0364. The number of aryl methyl sites for hydroxylation is 6. The van der Waals surface area contributed by atoms with Crippen molar-refractivity contribution >= 4 is 106 Å². The third kappa shape index (κ3) is 38.3. The molecule has 1 atom stereocenters. The van der Waals surface area contributed by atoms with Crippen molar-refractivity contribution in [2.75, 3.05) is 110 Å². The van der Waals surface area contributed by atoms with Crippen LogP contribution >= 0.6 is 0 Å². The molecule has 6 heterocycles. The smallest absolute Gasteiger partial charge is 0.319 e. The van der Waals surface area contributed by atoms with Gasteiger partial charge in [0.1, 0.15) is 0 Å². The maximum absolute atomic E-state index is 12.2. The number of urea groups is 6. The first-order valence-corrected chi connectivity index (χ1v) is 47.9. The van der Waals surface area contributed by atoms with Crippen LogP contribution in [0.15, 0.2) is 146 Å². The van der Waals surface area contributed by atoms with Crippen LogP contribution in [0, 0.1) is 59.3 Å². The second-order valence-corrected chi connectivity index (χ2v) is 36.1. The normalized spacial score (nSPS) is 16.3. The number of carbonyl (C=O) groups is 12. The molecule has 6 saturated heterocycles. The lowest BCUT2D eigenvalue weighted by molar-refractivity contribution is -0.136. The molecule has 0 radical (unpaired) electrons. The van der Waals surface area contributed by atoms with Crippen molar-refractivity contribution in [3.63, 3.8) is 0 Å². The molecular formula is C102H148N18O12. The molecule has 0 bridgehead atoms. The van der Waals surface area contributed by atoms with Gasteiger partial charge < -0.3 is 93.2 Å². The van der Waals surface area contributed by atoms with Crippen LogP contribution in [0.1, 0.15) is 210 Å². The van der Waals surface area contributed by atoms with Crippen molar-refractivity contribution in [3.05, 3.63) is 179 Å². The van der Waals surface area contributed by atoms with Crippen LogP contribution in [-0.4, -0.2) is 216 Å². The molecule has 0 spiro atoms. The standard InChI is InChI=1S/C18H27N3O2.C17H23N3O2.3C17H25N3O2.C16H23N3O2/c1-4-14(3)17(22)21-11-9-16(10-12-21)20-18(23)19-15-7-5-13(2)6-8-15;1-12-2-6-14(7-3-12)18-17(22)19-15-8-10-20(11-9-15)16(21)13-4-5-13;1-12(2)16(21)20-10-8-15(9-11-20)19-17(22)18-14-6-4-13(3)5-7-14;2*1-3-4-16(21)20-11-9-15(10-12-20)19-17(22)18-14-7-5-13(2)6-8-14;1-3-15(20)19-10-8-14(9-11-19)18-16(21)17-13-6-4-12(2)5-7-13/h5-8,14,16H,4,9-12H2,1-3H3,(H2,19,20,23);2-3,6-7,13,15H,4-5,8-11H2,1H3,(H2,18,19,22);4-7,12,15H,8-11H2,1-3H3,(H2,18,19,22);2*5-8,15H,3-4,9-12H2,1-2H3,(H2,18,19,22);4-7,14H,3,8-11H2,1-2H3,(H2,17,18,21). The van der Waals surface area contributed by atoms with E-state index in [-0.39, 0.29) is 120 Å². The second kappa shape index (κ2) is 55.2. The maximum atomic E-state index is 12.2. The van der Waals surface area contributed by atoms with E-state index in [0.29, 0.717) is 38.3 Å². The van der Waals surface area contributed by atoms with Gasteiger partial charge in [0.2, 0.25) is 35.4 Å². The number of rotatable bonds is 21. The van der Waals surface area contributed by atoms with Crippen molar-refractivity contribution in [2.24, 2.45) is 17.8 Å². The van der Waals surface area contributed by atoms with E-state index in [2.05, 4.69) is 63.8 Å². The second-order valence-electron chi connectivity index (χ2n) is 36.1. The van der Waals surface area contributed by atoms with Gasteiger partial charge in [0.15, 0.2) is 0 Å². The molecular weight excluding hydrogens is 1670 g/mol. The van der Waals surface area contributed by atoms with Gasteiger partial charge in [-0.1, -0.05) is 155 Å². The summed E-state index contributed by atoms with van der Waals surface area (Å²) < 4.78 is 0. The topological polar surface area (TPSA) is 369 Å². The van der Waals surface area contributed by atoms with E-state index in [1.165, 1.54) is 5.56 Å². The van der Waals surface area contributed by atoms with Gasteiger partial charge in [-0.2, -0.15) is 0 Å². The van der Waals surface area contributed by atoms with Gasteiger partial charge in [0.05, 0.1) is 0 Å². The third-order valence-electron chi connectivity index (χ3n) is 24.5. The van der Waals surface area contributed by atoms with Gasteiger partial charge in [0, 0.05) is 186 Å². The summed E-state index contributed by atoms with van der Waals surface area (Å²) in [5.74, 6) is 1.79. The summed E-state index contributed by atoms with van der Waals surface area (Å²) in [6.45, 7) is 34.6. The molecule has 13 rings (SSSR count). The fraction of sp³-hybridized carbons (Fsp3) is 0.529. The molecule has 6 aliphatic heterocycles. The number of hydrogen-bond donors (Lipinski definition) is 12. The molecule has 1 saturated carbocycles. The summed E-state index contributed by atoms with van der Waals surface area (Å²) in [5, 5.41) is 35.0.